The van der Waals surface area contributed by atoms with E-state index in [9.17, 15) is 13.2 Å². The Morgan fingerprint density at radius 2 is 1.94 bits per heavy atom. The molecular weight excluding hydrogens is 522 g/mol. The first-order valence-electron chi connectivity index (χ1n) is 10.9. The van der Waals surface area contributed by atoms with Crippen LogP contribution in [-0.4, -0.2) is 75.5 Å². The highest BCUT2D eigenvalue weighted by molar-refractivity contribution is 14.0. The zero-order valence-corrected chi connectivity index (χ0v) is 21.0. The van der Waals surface area contributed by atoms with Gasteiger partial charge in [0.1, 0.15) is 12.4 Å². The Labute approximate surface area is 199 Å². The summed E-state index contributed by atoms with van der Waals surface area (Å²) in [6, 6.07) is 0.418. The van der Waals surface area contributed by atoms with Crippen molar-refractivity contribution in [3.63, 3.8) is 0 Å². The average molecular weight is 557 g/mol. The number of hydrogen-bond acceptors (Lipinski definition) is 4. The first-order chi connectivity index (χ1) is 14.2. The molecule has 0 aromatic carbocycles. The van der Waals surface area contributed by atoms with Gasteiger partial charge in [0.25, 0.3) is 0 Å². The van der Waals surface area contributed by atoms with Crippen molar-refractivity contribution in [3.8, 4) is 0 Å². The lowest BCUT2D eigenvalue weighted by atomic mass is 10.1. The summed E-state index contributed by atoms with van der Waals surface area (Å²) in [7, 11) is 1.93. The van der Waals surface area contributed by atoms with Crippen LogP contribution in [0.15, 0.2) is 4.99 Å². The van der Waals surface area contributed by atoms with Crippen molar-refractivity contribution in [3.05, 3.63) is 11.6 Å². The van der Waals surface area contributed by atoms with E-state index < -0.39 is 12.7 Å². The summed E-state index contributed by atoms with van der Waals surface area (Å²) in [4.78, 5) is 8.52. The normalized spacial score (nSPS) is 20.5. The highest BCUT2D eigenvalue weighted by Gasteiger charge is 2.33. The van der Waals surface area contributed by atoms with Gasteiger partial charge >= 0.3 is 6.18 Å². The first kappa shape index (κ1) is 26.1. The van der Waals surface area contributed by atoms with Crippen LogP contribution in [0.5, 0.6) is 0 Å². The van der Waals surface area contributed by atoms with Gasteiger partial charge in [-0.1, -0.05) is 19.8 Å². The minimum atomic E-state index is -4.15. The number of likely N-dealkylation sites (tertiary alicyclic amines) is 1. The summed E-state index contributed by atoms with van der Waals surface area (Å²) in [6.45, 7) is 5.69. The monoisotopic (exact) mass is 557 g/mol. The summed E-state index contributed by atoms with van der Waals surface area (Å²) in [6.07, 6.45) is 1.43. The first-order valence-corrected chi connectivity index (χ1v) is 10.9. The molecule has 2 fully saturated rings. The molecule has 3 rings (SSSR count). The van der Waals surface area contributed by atoms with E-state index >= 15 is 0 Å². The molecule has 1 N–H and O–H groups in total. The van der Waals surface area contributed by atoms with Crippen LogP contribution >= 0.6 is 24.0 Å². The van der Waals surface area contributed by atoms with Gasteiger partial charge in [0.15, 0.2) is 11.8 Å². The molecule has 1 atom stereocenters. The molecule has 1 aromatic heterocycles. The van der Waals surface area contributed by atoms with Crippen LogP contribution in [0.4, 0.5) is 13.2 Å². The maximum atomic E-state index is 12.8. The number of halogens is 4. The van der Waals surface area contributed by atoms with Crippen LogP contribution in [0.1, 0.15) is 50.7 Å². The molecule has 0 bridgehead atoms. The number of alkyl halides is 3. The predicted octanol–water partition coefficient (Wildman–Crippen LogP) is 3.34. The summed E-state index contributed by atoms with van der Waals surface area (Å²) in [5.41, 5.74) is 0. The van der Waals surface area contributed by atoms with Crippen LogP contribution in [0.3, 0.4) is 0 Å². The van der Waals surface area contributed by atoms with Gasteiger partial charge in [0, 0.05) is 32.7 Å². The number of hydrogen-bond donors (Lipinski definition) is 1. The summed E-state index contributed by atoms with van der Waals surface area (Å²) < 4.78 is 40.3. The van der Waals surface area contributed by atoms with E-state index in [2.05, 4.69) is 20.4 Å². The molecule has 7 nitrogen and oxygen atoms in total. The quantitative estimate of drug-likeness (QED) is 0.317. The predicted molar refractivity (Wildman–Crippen MR) is 126 cm³/mol. The minimum Gasteiger partial charge on any atom is -0.353 e. The fraction of sp³-hybridized carbons (Fsp3) is 0.850. The van der Waals surface area contributed by atoms with Gasteiger partial charge in [-0.3, -0.25) is 4.90 Å². The zero-order valence-electron chi connectivity index (χ0n) is 18.7. The van der Waals surface area contributed by atoms with Crippen LogP contribution in [0.2, 0.25) is 0 Å². The Hall–Kier alpha value is -1.11. The molecule has 2 heterocycles. The van der Waals surface area contributed by atoms with Crippen molar-refractivity contribution in [2.45, 2.75) is 64.7 Å². The zero-order chi connectivity index (χ0) is 21.7. The summed E-state index contributed by atoms with van der Waals surface area (Å²) >= 11 is 0. The molecule has 178 valence electrons. The van der Waals surface area contributed by atoms with Crippen molar-refractivity contribution >= 4 is 29.9 Å². The van der Waals surface area contributed by atoms with Crippen LogP contribution in [0.25, 0.3) is 0 Å². The Morgan fingerprint density at radius 1 is 1.23 bits per heavy atom. The Balaban J connectivity index is 0.00000341. The largest absolute Gasteiger partial charge is 0.401 e. The molecule has 31 heavy (non-hydrogen) atoms. The van der Waals surface area contributed by atoms with Crippen molar-refractivity contribution in [2.75, 3.05) is 32.7 Å². The second-order valence-electron chi connectivity index (χ2n) is 8.53. The van der Waals surface area contributed by atoms with E-state index in [1.165, 1.54) is 17.7 Å². The number of guanidine groups is 1. The third-order valence-corrected chi connectivity index (χ3v) is 6.19. The summed E-state index contributed by atoms with van der Waals surface area (Å²) in [5, 5.41) is 11.9. The highest BCUT2D eigenvalue weighted by Crippen LogP contribution is 2.23. The Morgan fingerprint density at radius 3 is 2.52 bits per heavy atom. The summed E-state index contributed by atoms with van der Waals surface area (Å²) in [5.74, 6) is 2.70. The van der Waals surface area contributed by atoms with Gasteiger partial charge in [-0.05, 0) is 38.6 Å². The van der Waals surface area contributed by atoms with E-state index in [4.69, 9.17) is 4.99 Å². The van der Waals surface area contributed by atoms with Gasteiger partial charge in [-0.2, -0.15) is 13.2 Å². The van der Waals surface area contributed by atoms with Crippen molar-refractivity contribution in [2.24, 2.45) is 18.0 Å². The van der Waals surface area contributed by atoms with Crippen LogP contribution in [0, 0.1) is 12.8 Å². The van der Waals surface area contributed by atoms with E-state index in [1.54, 1.807) is 6.92 Å². The van der Waals surface area contributed by atoms with E-state index in [1.807, 2.05) is 18.5 Å². The number of aliphatic imine (C=N–C) groups is 1. The smallest absolute Gasteiger partial charge is 0.353 e. The number of nitrogens with zero attached hydrogens (tertiary/aromatic N) is 6. The molecule has 2 aliphatic rings. The standard InChI is InChI=1S/C20H34F3N7.HI/c1-4-29(14-20(21,22)23)12-16-9-10-30(13-16)19(25-17-7-5-6-8-17)24-11-18-27-26-15(2)28(18)3;/h16-17H,4-14H2,1-3H3,(H,24,25);1H. The highest BCUT2D eigenvalue weighted by atomic mass is 127. The number of rotatable bonds is 7. The van der Waals surface area contributed by atoms with Gasteiger partial charge in [0.2, 0.25) is 0 Å². The molecular formula is C20H35F3IN7. The minimum absolute atomic E-state index is 0. The number of aryl methyl sites for hydroxylation is 1. The molecule has 1 aliphatic heterocycles. The fourth-order valence-electron chi connectivity index (χ4n) is 4.32. The maximum Gasteiger partial charge on any atom is 0.401 e. The Kier molecular flexibility index (Phi) is 9.84. The topological polar surface area (TPSA) is 61.6 Å². The lowest BCUT2D eigenvalue weighted by molar-refractivity contribution is -0.146. The molecule has 1 saturated carbocycles. The van der Waals surface area contributed by atoms with E-state index in [0.717, 1.165) is 50.0 Å². The Bertz CT molecular complexity index is 716. The van der Waals surface area contributed by atoms with Crippen molar-refractivity contribution in [1.29, 1.82) is 0 Å². The lowest BCUT2D eigenvalue weighted by Crippen LogP contribution is -2.45. The van der Waals surface area contributed by atoms with E-state index in [0.29, 0.717) is 25.7 Å². The second-order valence-corrected chi connectivity index (χ2v) is 8.53. The van der Waals surface area contributed by atoms with Gasteiger partial charge in [0.05, 0.1) is 6.54 Å². The third-order valence-electron chi connectivity index (χ3n) is 6.19. The van der Waals surface area contributed by atoms with Crippen LogP contribution < -0.4 is 5.32 Å². The molecule has 11 heteroatoms. The maximum absolute atomic E-state index is 12.8. The third kappa shape index (κ3) is 7.76. The molecule has 0 spiro atoms. The molecule has 1 aromatic rings. The van der Waals surface area contributed by atoms with E-state index in [-0.39, 0.29) is 29.9 Å². The molecule has 1 unspecified atom stereocenters. The van der Waals surface area contributed by atoms with Crippen LogP contribution in [-0.2, 0) is 13.6 Å². The van der Waals surface area contributed by atoms with Gasteiger partial charge in [-0.25, -0.2) is 4.99 Å². The van der Waals surface area contributed by atoms with Gasteiger partial charge in [-0.15, -0.1) is 34.2 Å². The number of aromatic nitrogens is 3. The van der Waals surface area contributed by atoms with Crippen molar-refractivity contribution < 1.29 is 13.2 Å². The molecule has 1 aliphatic carbocycles. The SMILES string of the molecule is CCN(CC1CCN(C(=NCc2nnc(C)n2C)NC2CCCC2)C1)CC(F)(F)F.I. The molecule has 0 radical (unpaired) electrons. The lowest BCUT2D eigenvalue weighted by Gasteiger charge is -2.27. The van der Waals surface area contributed by atoms with Crippen molar-refractivity contribution in [1.82, 2.24) is 29.9 Å². The second kappa shape index (κ2) is 11.7. The molecule has 0 amide bonds. The van der Waals surface area contributed by atoms with Gasteiger partial charge < -0.3 is 14.8 Å². The fourth-order valence-corrected chi connectivity index (χ4v) is 4.32. The molecule has 1 saturated heterocycles. The average Bonchev–Trinajstić information content (AvgIpc) is 3.42. The number of nitrogens with one attached hydrogen (secondary N) is 1.